The number of hydrogen-bond donors (Lipinski definition) is 1. The smallest absolute Gasteiger partial charge is 0.315 e. The molecule has 0 aliphatic carbocycles. The standard InChI is InChI=1S/C12H14ClF2NO3S/c1-8(16-12(17)11(14)15)2-3-9-4-6-10(7-5-9)20(13,18)19/h4-8,11H,2-3H2,1H3,(H,16,17). The first kappa shape index (κ1) is 16.8. The minimum Gasteiger partial charge on any atom is -0.349 e. The summed E-state index contributed by atoms with van der Waals surface area (Å²) in [5.41, 5.74) is 0.826. The Morgan fingerprint density at radius 2 is 1.85 bits per heavy atom. The molecule has 1 N–H and O–H groups in total. The molecule has 1 rings (SSSR count). The molecule has 0 saturated heterocycles. The number of rotatable bonds is 6. The fourth-order valence-electron chi connectivity index (χ4n) is 1.58. The largest absolute Gasteiger partial charge is 0.349 e. The van der Waals surface area contributed by atoms with Crippen LogP contribution in [0.3, 0.4) is 0 Å². The molecule has 1 unspecified atom stereocenters. The Balaban J connectivity index is 2.52. The second-order valence-electron chi connectivity index (χ2n) is 4.33. The normalized spacial score (nSPS) is 13.2. The second kappa shape index (κ2) is 6.99. The summed E-state index contributed by atoms with van der Waals surface area (Å²) in [4.78, 5) is 10.8. The van der Waals surface area contributed by atoms with Gasteiger partial charge in [-0.2, -0.15) is 8.78 Å². The van der Waals surface area contributed by atoms with Gasteiger partial charge in [0.1, 0.15) is 0 Å². The van der Waals surface area contributed by atoms with Gasteiger partial charge < -0.3 is 5.32 Å². The molecule has 1 amide bonds. The average Bonchev–Trinajstić information content (AvgIpc) is 2.35. The molecule has 0 aromatic heterocycles. The topological polar surface area (TPSA) is 63.2 Å². The molecule has 0 bridgehead atoms. The average molecular weight is 326 g/mol. The summed E-state index contributed by atoms with van der Waals surface area (Å²) < 4.78 is 46.1. The van der Waals surface area contributed by atoms with E-state index in [1.165, 1.54) is 12.1 Å². The minimum atomic E-state index is -3.74. The molecule has 0 spiro atoms. The van der Waals surface area contributed by atoms with Gasteiger partial charge in [0.05, 0.1) is 4.90 Å². The van der Waals surface area contributed by atoms with Crippen molar-refractivity contribution >= 4 is 25.6 Å². The van der Waals surface area contributed by atoms with Gasteiger partial charge in [0.25, 0.3) is 15.0 Å². The number of benzene rings is 1. The molecule has 112 valence electrons. The molecule has 1 aromatic carbocycles. The first-order valence-electron chi connectivity index (χ1n) is 5.82. The quantitative estimate of drug-likeness (QED) is 0.816. The maximum absolute atomic E-state index is 12.0. The van der Waals surface area contributed by atoms with Crippen LogP contribution in [0.4, 0.5) is 8.78 Å². The third-order valence-electron chi connectivity index (χ3n) is 2.66. The van der Waals surface area contributed by atoms with Crippen LogP contribution in [0.15, 0.2) is 29.2 Å². The van der Waals surface area contributed by atoms with Crippen molar-refractivity contribution in [3.8, 4) is 0 Å². The third kappa shape index (κ3) is 5.42. The number of hydrogen-bond acceptors (Lipinski definition) is 3. The van der Waals surface area contributed by atoms with E-state index >= 15 is 0 Å². The Labute approximate surface area is 120 Å². The lowest BCUT2D eigenvalue weighted by Gasteiger charge is -2.13. The van der Waals surface area contributed by atoms with Gasteiger partial charge in [-0.3, -0.25) is 4.79 Å². The fraction of sp³-hybridized carbons (Fsp3) is 0.417. The van der Waals surface area contributed by atoms with Crippen LogP contribution in [0.5, 0.6) is 0 Å². The van der Waals surface area contributed by atoms with E-state index in [0.717, 1.165) is 5.56 Å². The van der Waals surface area contributed by atoms with E-state index in [1.807, 2.05) is 0 Å². The highest BCUT2D eigenvalue weighted by Gasteiger charge is 2.17. The summed E-state index contributed by atoms with van der Waals surface area (Å²) in [5.74, 6) is -1.29. The lowest BCUT2D eigenvalue weighted by molar-refractivity contribution is -0.132. The predicted octanol–water partition coefficient (Wildman–Crippen LogP) is 2.32. The molecule has 1 aromatic rings. The maximum atomic E-state index is 12.0. The maximum Gasteiger partial charge on any atom is 0.315 e. The van der Waals surface area contributed by atoms with Crippen molar-refractivity contribution in [2.75, 3.05) is 0 Å². The van der Waals surface area contributed by atoms with Crippen LogP contribution in [0.1, 0.15) is 18.9 Å². The monoisotopic (exact) mass is 325 g/mol. The number of aryl methyl sites for hydroxylation is 1. The summed E-state index contributed by atoms with van der Waals surface area (Å²) in [5, 5.41) is 2.18. The Morgan fingerprint density at radius 3 is 2.30 bits per heavy atom. The third-order valence-corrected chi connectivity index (χ3v) is 4.03. The lowest BCUT2D eigenvalue weighted by Crippen LogP contribution is -2.36. The molecule has 0 aliphatic heterocycles. The Hall–Kier alpha value is -1.21. The Morgan fingerprint density at radius 1 is 1.30 bits per heavy atom. The van der Waals surface area contributed by atoms with Crippen LogP contribution in [0.25, 0.3) is 0 Å². The van der Waals surface area contributed by atoms with Crippen LogP contribution >= 0.6 is 10.7 Å². The van der Waals surface area contributed by atoms with Crippen LogP contribution < -0.4 is 5.32 Å². The molecule has 8 heteroatoms. The summed E-state index contributed by atoms with van der Waals surface area (Å²) >= 11 is 0. The summed E-state index contributed by atoms with van der Waals surface area (Å²) in [6.07, 6.45) is -2.04. The Kier molecular flexibility index (Phi) is 5.88. The van der Waals surface area contributed by atoms with Crippen LogP contribution in [0.2, 0.25) is 0 Å². The lowest BCUT2D eigenvalue weighted by atomic mass is 10.1. The zero-order valence-corrected chi connectivity index (χ0v) is 12.2. The zero-order chi connectivity index (χ0) is 15.3. The molecule has 0 saturated carbocycles. The van der Waals surface area contributed by atoms with Gasteiger partial charge in [-0.15, -0.1) is 0 Å². The molecular weight excluding hydrogens is 312 g/mol. The van der Waals surface area contributed by atoms with Crippen molar-refractivity contribution < 1.29 is 22.0 Å². The van der Waals surface area contributed by atoms with Crippen LogP contribution in [-0.2, 0) is 20.3 Å². The van der Waals surface area contributed by atoms with E-state index in [4.69, 9.17) is 10.7 Å². The molecular formula is C12H14ClF2NO3S. The van der Waals surface area contributed by atoms with Crippen LogP contribution in [-0.4, -0.2) is 26.8 Å². The Bertz CT molecular complexity index is 561. The van der Waals surface area contributed by atoms with E-state index in [1.54, 1.807) is 19.1 Å². The molecule has 1 atom stereocenters. The van der Waals surface area contributed by atoms with Crippen molar-refractivity contribution in [3.05, 3.63) is 29.8 Å². The molecule has 4 nitrogen and oxygen atoms in total. The van der Waals surface area contributed by atoms with Crippen molar-refractivity contribution in [2.24, 2.45) is 0 Å². The first-order valence-corrected chi connectivity index (χ1v) is 8.13. The fourth-order valence-corrected chi connectivity index (χ4v) is 2.35. The van der Waals surface area contributed by atoms with Crippen LogP contribution in [0, 0.1) is 0 Å². The van der Waals surface area contributed by atoms with E-state index in [0.29, 0.717) is 12.8 Å². The number of amides is 1. The van der Waals surface area contributed by atoms with Crippen molar-refractivity contribution in [2.45, 2.75) is 37.1 Å². The van der Waals surface area contributed by atoms with Crippen molar-refractivity contribution in [1.82, 2.24) is 5.32 Å². The number of carbonyl (C=O) groups is 1. The number of carbonyl (C=O) groups excluding carboxylic acids is 1. The van der Waals surface area contributed by atoms with Gasteiger partial charge in [0.15, 0.2) is 0 Å². The van der Waals surface area contributed by atoms with Gasteiger partial charge in [-0.1, -0.05) is 12.1 Å². The van der Waals surface area contributed by atoms with Gasteiger partial charge in [0, 0.05) is 16.7 Å². The highest BCUT2D eigenvalue weighted by atomic mass is 35.7. The SMILES string of the molecule is CC(CCc1ccc(S(=O)(=O)Cl)cc1)NC(=O)C(F)F. The minimum absolute atomic E-state index is 0.00182. The highest BCUT2D eigenvalue weighted by molar-refractivity contribution is 8.13. The van der Waals surface area contributed by atoms with E-state index < -0.39 is 27.4 Å². The molecule has 0 radical (unpaired) electrons. The van der Waals surface area contributed by atoms with Gasteiger partial charge in [-0.25, -0.2) is 8.42 Å². The van der Waals surface area contributed by atoms with Gasteiger partial charge in [0.2, 0.25) is 0 Å². The summed E-state index contributed by atoms with van der Waals surface area (Å²) in [6.45, 7) is 1.62. The van der Waals surface area contributed by atoms with Gasteiger partial charge in [-0.05, 0) is 37.5 Å². The predicted molar refractivity (Wildman–Crippen MR) is 71.4 cm³/mol. The van der Waals surface area contributed by atoms with E-state index in [2.05, 4.69) is 5.32 Å². The van der Waals surface area contributed by atoms with E-state index in [9.17, 15) is 22.0 Å². The molecule has 0 heterocycles. The molecule has 0 fully saturated rings. The highest BCUT2D eigenvalue weighted by Crippen LogP contribution is 2.16. The summed E-state index contributed by atoms with van der Waals surface area (Å²) in [6, 6.07) is 5.54. The number of halogens is 3. The van der Waals surface area contributed by atoms with Crippen molar-refractivity contribution in [1.29, 1.82) is 0 Å². The van der Waals surface area contributed by atoms with Crippen molar-refractivity contribution in [3.63, 3.8) is 0 Å². The zero-order valence-electron chi connectivity index (χ0n) is 10.6. The van der Waals surface area contributed by atoms with Gasteiger partial charge >= 0.3 is 6.43 Å². The second-order valence-corrected chi connectivity index (χ2v) is 6.90. The number of alkyl halides is 2. The van der Waals surface area contributed by atoms with E-state index in [-0.39, 0.29) is 4.90 Å². The molecule has 0 aliphatic rings. The molecule has 20 heavy (non-hydrogen) atoms. The summed E-state index contributed by atoms with van der Waals surface area (Å²) in [7, 11) is 1.43. The number of nitrogens with one attached hydrogen (secondary N) is 1. The first-order chi connectivity index (χ1) is 9.20.